The molecule has 14 heavy (non-hydrogen) atoms. The zero-order valence-electron chi connectivity index (χ0n) is 8.62. The number of hydrogen-bond donors (Lipinski definition) is 1. The molecule has 0 saturated carbocycles. The number of hydrogen-bond acceptors (Lipinski definition) is 4. The summed E-state index contributed by atoms with van der Waals surface area (Å²) in [6.45, 7) is 6.23. The van der Waals surface area contributed by atoms with Crippen LogP contribution in [0.3, 0.4) is 0 Å². The minimum absolute atomic E-state index is 0.0290. The van der Waals surface area contributed by atoms with Gasteiger partial charge in [0.2, 0.25) is 0 Å². The third kappa shape index (κ3) is 6.82. The molecule has 5 heteroatoms. The van der Waals surface area contributed by atoms with Gasteiger partial charge in [-0.15, -0.1) is 0 Å². The van der Waals surface area contributed by atoms with Crippen LogP contribution in [0.1, 0.15) is 19.8 Å². The lowest BCUT2D eigenvalue weighted by atomic mass is 10.4. The summed E-state index contributed by atoms with van der Waals surface area (Å²) >= 11 is 0. The van der Waals surface area contributed by atoms with E-state index in [0.29, 0.717) is 11.8 Å². The molecular formula is C9H18O4Si. The summed E-state index contributed by atoms with van der Waals surface area (Å²) in [7, 11) is -1.01. The topological polar surface area (TPSA) is 55.8 Å². The third-order valence-electron chi connectivity index (χ3n) is 1.53. The fourth-order valence-corrected chi connectivity index (χ4v) is 1.56. The molecule has 0 aromatic rings. The molecule has 0 aliphatic heterocycles. The van der Waals surface area contributed by atoms with E-state index in [2.05, 4.69) is 18.2 Å². The predicted molar refractivity (Wildman–Crippen MR) is 56.6 cm³/mol. The van der Waals surface area contributed by atoms with E-state index in [4.69, 9.17) is 9.53 Å². The highest BCUT2D eigenvalue weighted by Gasteiger charge is 2.08. The van der Waals surface area contributed by atoms with E-state index in [1.807, 2.05) is 0 Å². The molecule has 82 valence electrons. The van der Waals surface area contributed by atoms with Crippen LogP contribution in [0.15, 0.2) is 11.8 Å². The molecule has 0 aliphatic rings. The van der Waals surface area contributed by atoms with Crippen molar-refractivity contribution in [2.75, 3.05) is 19.8 Å². The van der Waals surface area contributed by atoms with Gasteiger partial charge in [0.05, 0.1) is 6.61 Å². The molecule has 0 bridgehead atoms. The molecule has 0 saturated heterocycles. The van der Waals surface area contributed by atoms with Crippen LogP contribution in [0.5, 0.6) is 0 Å². The summed E-state index contributed by atoms with van der Waals surface area (Å²) in [6, 6.07) is 0. The van der Waals surface area contributed by atoms with Crippen molar-refractivity contribution in [3.05, 3.63) is 11.8 Å². The zero-order valence-corrected chi connectivity index (χ0v) is 10.0. The summed E-state index contributed by atoms with van der Waals surface area (Å²) in [5, 5.41) is 8.84. The maximum absolute atomic E-state index is 11.1. The molecule has 0 aromatic carbocycles. The number of esters is 1. The van der Waals surface area contributed by atoms with Gasteiger partial charge in [-0.2, -0.15) is 0 Å². The van der Waals surface area contributed by atoms with E-state index in [1.165, 1.54) is 0 Å². The molecule has 0 amide bonds. The van der Waals surface area contributed by atoms with Gasteiger partial charge in [-0.05, 0) is 6.42 Å². The Bertz CT molecular complexity index is 182. The van der Waals surface area contributed by atoms with Gasteiger partial charge in [0.15, 0.2) is 9.76 Å². The van der Waals surface area contributed by atoms with Crippen LogP contribution in [0.4, 0.5) is 0 Å². The van der Waals surface area contributed by atoms with Crippen molar-refractivity contribution >= 4 is 15.7 Å². The summed E-state index contributed by atoms with van der Waals surface area (Å²) in [4.78, 5) is 11.1. The van der Waals surface area contributed by atoms with Gasteiger partial charge in [-0.25, -0.2) is 4.79 Å². The predicted octanol–water partition coefficient (Wildman–Crippen LogP) is -0.0639. The molecule has 0 unspecified atom stereocenters. The number of ether oxygens (including phenoxy) is 1. The summed E-state index contributed by atoms with van der Waals surface area (Å²) in [5.41, 5.74) is 0. The van der Waals surface area contributed by atoms with Gasteiger partial charge in [0.1, 0.15) is 6.61 Å². The number of carbonyl (C=O) groups is 1. The summed E-state index contributed by atoms with van der Waals surface area (Å²) in [5.74, 6) is -0.442. The van der Waals surface area contributed by atoms with Crippen LogP contribution in [0.25, 0.3) is 0 Å². The normalized spacial score (nSPS) is 10.7. The van der Waals surface area contributed by atoms with Crippen molar-refractivity contribution < 1.29 is 19.1 Å². The molecule has 1 N–H and O–H groups in total. The Kier molecular flexibility index (Phi) is 8.51. The van der Waals surface area contributed by atoms with Gasteiger partial charge in [-0.1, -0.05) is 19.9 Å². The molecule has 0 spiro atoms. The maximum Gasteiger partial charge on any atom is 0.331 e. The minimum atomic E-state index is -1.01. The van der Waals surface area contributed by atoms with E-state index in [1.54, 1.807) is 0 Å². The van der Waals surface area contributed by atoms with Crippen molar-refractivity contribution in [1.29, 1.82) is 0 Å². The minimum Gasteiger partial charge on any atom is -0.460 e. The molecule has 0 fully saturated rings. The van der Waals surface area contributed by atoms with Crippen LogP contribution in [-0.4, -0.2) is 40.7 Å². The monoisotopic (exact) mass is 218 g/mol. The second-order valence-electron chi connectivity index (χ2n) is 2.87. The lowest BCUT2D eigenvalue weighted by molar-refractivity contribution is -0.139. The van der Waals surface area contributed by atoms with E-state index in [0.717, 1.165) is 12.8 Å². The first-order chi connectivity index (χ1) is 6.72. The third-order valence-corrected chi connectivity index (χ3v) is 2.66. The lowest BCUT2D eigenvalue weighted by Gasteiger charge is -2.05. The number of rotatable bonds is 8. The number of aliphatic hydroxyl groups is 1. The number of carbonyl (C=O) groups excluding carboxylic acids is 1. The average Bonchev–Trinajstić information content (AvgIpc) is 2.20. The number of unbranched alkanes of at least 4 members (excludes halogenated alkanes) is 1. The molecule has 0 rings (SSSR count). The SMILES string of the molecule is C=C([SiH2]OCCCC)C(=O)OCCO. The molecule has 0 atom stereocenters. The molecule has 0 aromatic heterocycles. The van der Waals surface area contributed by atoms with Crippen molar-refractivity contribution in [3.8, 4) is 0 Å². The van der Waals surface area contributed by atoms with Crippen LogP contribution in [0.2, 0.25) is 0 Å². The highest BCUT2D eigenvalue weighted by Crippen LogP contribution is 1.95. The Morgan fingerprint density at radius 2 is 2.21 bits per heavy atom. The van der Waals surface area contributed by atoms with Crippen LogP contribution < -0.4 is 0 Å². The summed E-state index contributed by atoms with van der Waals surface area (Å²) < 4.78 is 9.99. The fourth-order valence-electron chi connectivity index (χ4n) is 0.741. The van der Waals surface area contributed by atoms with E-state index >= 15 is 0 Å². The van der Waals surface area contributed by atoms with Crippen molar-refractivity contribution in [1.82, 2.24) is 0 Å². The Hall–Kier alpha value is -0.653. The van der Waals surface area contributed by atoms with Crippen LogP contribution in [-0.2, 0) is 14.0 Å². The quantitative estimate of drug-likeness (QED) is 0.268. The van der Waals surface area contributed by atoms with Crippen molar-refractivity contribution in [3.63, 3.8) is 0 Å². The van der Waals surface area contributed by atoms with Gasteiger partial charge in [0, 0.05) is 11.8 Å². The Labute approximate surface area is 86.8 Å². The van der Waals surface area contributed by atoms with Gasteiger partial charge in [0.25, 0.3) is 0 Å². The largest absolute Gasteiger partial charge is 0.460 e. The van der Waals surface area contributed by atoms with Gasteiger partial charge in [-0.3, -0.25) is 0 Å². The first-order valence-corrected chi connectivity index (χ1v) is 6.04. The van der Waals surface area contributed by atoms with Crippen molar-refractivity contribution in [2.24, 2.45) is 0 Å². The molecule has 0 heterocycles. The number of aliphatic hydroxyl groups excluding tert-OH is 1. The molecular weight excluding hydrogens is 200 g/mol. The zero-order chi connectivity index (χ0) is 10.8. The highest BCUT2D eigenvalue weighted by molar-refractivity contribution is 6.47. The Balaban J connectivity index is 3.47. The van der Waals surface area contributed by atoms with E-state index < -0.39 is 15.7 Å². The lowest BCUT2D eigenvalue weighted by Crippen LogP contribution is -2.16. The average molecular weight is 218 g/mol. The second kappa shape index (κ2) is 8.92. The fraction of sp³-hybridized carbons (Fsp3) is 0.667. The van der Waals surface area contributed by atoms with E-state index in [9.17, 15) is 4.79 Å². The van der Waals surface area contributed by atoms with Crippen LogP contribution in [0, 0.1) is 0 Å². The smallest absolute Gasteiger partial charge is 0.331 e. The van der Waals surface area contributed by atoms with Crippen molar-refractivity contribution in [2.45, 2.75) is 19.8 Å². The Morgan fingerprint density at radius 3 is 2.79 bits per heavy atom. The first-order valence-electron chi connectivity index (χ1n) is 4.75. The molecule has 0 aliphatic carbocycles. The highest BCUT2D eigenvalue weighted by atomic mass is 28.2. The Morgan fingerprint density at radius 1 is 1.50 bits per heavy atom. The van der Waals surface area contributed by atoms with Gasteiger partial charge < -0.3 is 14.3 Å². The molecule has 4 nitrogen and oxygen atoms in total. The standard InChI is InChI=1S/C9H18O4Si/c1-3-4-6-13-14-8(2)9(11)12-7-5-10/h10H,2-7,14H2,1H3. The second-order valence-corrected chi connectivity index (χ2v) is 4.42. The maximum atomic E-state index is 11.1. The van der Waals surface area contributed by atoms with Crippen LogP contribution >= 0.6 is 0 Å². The molecule has 0 radical (unpaired) electrons. The van der Waals surface area contributed by atoms with Gasteiger partial charge >= 0.3 is 5.97 Å². The summed E-state index contributed by atoms with van der Waals surface area (Å²) in [6.07, 6.45) is 2.09. The first kappa shape index (κ1) is 13.3. The van der Waals surface area contributed by atoms with E-state index in [-0.39, 0.29) is 13.2 Å².